The highest BCUT2D eigenvalue weighted by Gasteiger charge is 2.07. The number of hydrogen-bond donors (Lipinski definition) is 4. The van der Waals surface area contributed by atoms with Crippen molar-refractivity contribution < 1.29 is 5.11 Å². The van der Waals surface area contributed by atoms with Gasteiger partial charge in [0, 0.05) is 13.0 Å². The minimum absolute atomic E-state index is 0.270. The molecule has 0 spiro atoms. The van der Waals surface area contributed by atoms with E-state index in [1.165, 1.54) is 0 Å². The van der Waals surface area contributed by atoms with Crippen molar-refractivity contribution in [1.82, 2.24) is 19.9 Å². The molecule has 2 heterocycles. The highest BCUT2D eigenvalue weighted by molar-refractivity contribution is 5.68. The number of aromatic nitrogens is 4. The third-order valence-electron chi connectivity index (χ3n) is 3.26. The van der Waals surface area contributed by atoms with Crippen molar-refractivity contribution in [3.05, 3.63) is 26.7 Å². The molecule has 2 rings (SSSR count). The van der Waals surface area contributed by atoms with Crippen LogP contribution in [0.1, 0.15) is 44.3 Å². The van der Waals surface area contributed by atoms with E-state index < -0.39 is 11.2 Å². The van der Waals surface area contributed by atoms with Crippen molar-refractivity contribution in [2.24, 2.45) is 0 Å². The summed E-state index contributed by atoms with van der Waals surface area (Å²) in [5, 5.41) is 8.66. The molecule has 0 radical (unpaired) electrons. The van der Waals surface area contributed by atoms with E-state index in [0.717, 1.165) is 50.8 Å². The Kier molecular flexibility index (Phi) is 5.11. The van der Waals surface area contributed by atoms with Crippen LogP contribution in [0.15, 0.2) is 9.59 Å². The Morgan fingerprint density at radius 3 is 2.35 bits per heavy atom. The van der Waals surface area contributed by atoms with E-state index in [0.29, 0.717) is 11.2 Å². The number of aryl methyl sites for hydroxylation is 1. The van der Waals surface area contributed by atoms with Crippen molar-refractivity contribution in [2.45, 2.75) is 44.9 Å². The van der Waals surface area contributed by atoms with Gasteiger partial charge >= 0.3 is 5.69 Å². The van der Waals surface area contributed by atoms with Gasteiger partial charge < -0.3 is 10.1 Å². The molecule has 0 aliphatic rings. The van der Waals surface area contributed by atoms with Gasteiger partial charge in [-0.05, 0) is 12.8 Å². The summed E-state index contributed by atoms with van der Waals surface area (Å²) in [6, 6.07) is 0. The fourth-order valence-electron chi connectivity index (χ4n) is 2.21. The van der Waals surface area contributed by atoms with Crippen molar-refractivity contribution in [1.29, 1.82) is 0 Å². The number of fused-ring (bicyclic) bond motifs is 1. The van der Waals surface area contributed by atoms with E-state index in [1.54, 1.807) is 0 Å². The molecule has 20 heavy (non-hydrogen) atoms. The first-order valence-corrected chi connectivity index (χ1v) is 7.03. The van der Waals surface area contributed by atoms with Crippen LogP contribution in [0, 0.1) is 0 Å². The smallest absolute Gasteiger partial charge is 0.327 e. The molecular weight excluding hydrogens is 260 g/mol. The fourth-order valence-corrected chi connectivity index (χ4v) is 2.21. The van der Waals surface area contributed by atoms with E-state index >= 15 is 0 Å². The highest BCUT2D eigenvalue weighted by atomic mass is 16.3. The summed E-state index contributed by atoms with van der Waals surface area (Å²) in [4.78, 5) is 34.5. The molecule has 4 N–H and O–H groups in total. The molecule has 110 valence electrons. The van der Waals surface area contributed by atoms with Gasteiger partial charge in [0.1, 0.15) is 11.3 Å². The van der Waals surface area contributed by atoms with Crippen molar-refractivity contribution in [3.8, 4) is 0 Å². The van der Waals surface area contributed by atoms with Gasteiger partial charge in [-0.3, -0.25) is 14.8 Å². The topological polar surface area (TPSA) is 115 Å². The number of nitrogens with zero attached hydrogens (tertiary/aromatic N) is 1. The summed E-state index contributed by atoms with van der Waals surface area (Å²) in [6.07, 6.45) is 7.05. The second-order valence-electron chi connectivity index (χ2n) is 4.91. The van der Waals surface area contributed by atoms with Gasteiger partial charge in [0.05, 0.1) is 0 Å². The summed E-state index contributed by atoms with van der Waals surface area (Å²) in [7, 11) is 0. The number of aliphatic hydroxyl groups is 1. The molecule has 0 saturated heterocycles. The molecule has 0 amide bonds. The van der Waals surface area contributed by atoms with Crippen LogP contribution in [0.2, 0.25) is 0 Å². The van der Waals surface area contributed by atoms with Crippen LogP contribution >= 0.6 is 0 Å². The Morgan fingerprint density at radius 2 is 1.60 bits per heavy atom. The minimum atomic E-state index is -0.538. The zero-order valence-corrected chi connectivity index (χ0v) is 11.4. The van der Waals surface area contributed by atoms with Gasteiger partial charge in [-0.1, -0.05) is 25.7 Å². The lowest BCUT2D eigenvalue weighted by Crippen LogP contribution is -2.21. The van der Waals surface area contributed by atoms with Crippen LogP contribution in [-0.4, -0.2) is 31.6 Å². The largest absolute Gasteiger partial charge is 0.396 e. The van der Waals surface area contributed by atoms with Gasteiger partial charge in [0.2, 0.25) is 0 Å². The third-order valence-corrected chi connectivity index (χ3v) is 3.26. The quantitative estimate of drug-likeness (QED) is 0.536. The van der Waals surface area contributed by atoms with E-state index in [-0.39, 0.29) is 6.61 Å². The fraction of sp³-hybridized carbons (Fsp3) is 0.615. The first kappa shape index (κ1) is 14.5. The molecule has 0 saturated carbocycles. The molecule has 0 unspecified atom stereocenters. The van der Waals surface area contributed by atoms with Crippen molar-refractivity contribution >= 4 is 11.2 Å². The summed E-state index contributed by atoms with van der Waals surface area (Å²) >= 11 is 0. The average molecular weight is 280 g/mol. The van der Waals surface area contributed by atoms with Crippen molar-refractivity contribution in [3.63, 3.8) is 0 Å². The van der Waals surface area contributed by atoms with Crippen LogP contribution in [0.3, 0.4) is 0 Å². The number of hydrogen-bond acceptors (Lipinski definition) is 4. The number of imidazole rings is 1. The molecule has 0 atom stereocenters. The molecule has 7 heteroatoms. The van der Waals surface area contributed by atoms with Gasteiger partial charge in [-0.2, -0.15) is 0 Å². The number of nitrogens with one attached hydrogen (secondary N) is 3. The lowest BCUT2D eigenvalue weighted by molar-refractivity contribution is 0.282. The predicted octanol–water partition coefficient (Wildman–Crippen LogP) is 0.815. The number of unbranched alkanes of at least 4 members (excludes halogenated alkanes) is 5. The molecular formula is C13H20N4O3. The lowest BCUT2D eigenvalue weighted by Gasteiger charge is -1.99. The Bertz CT molecular complexity index is 655. The average Bonchev–Trinajstić information content (AvgIpc) is 2.81. The minimum Gasteiger partial charge on any atom is -0.396 e. The Hall–Kier alpha value is -1.89. The molecule has 0 bridgehead atoms. The second kappa shape index (κ2) is 7.04. The maximum Gasteiger partial charge on any atom is 0.327 e. The number of aliphatic hydroxyl groups excluding tert-OH is 1. The maximum absolute atomic E-state index is 11.5. The number of rotatable bonds is 8. The van der Waals surface area contributed by atoms with Gasteiger partial charge in [-0.15, -0.1) is 0 Å². The predicted molar refractivity (Wildman–Crippen MR) is 75.8 cm³/mol. The number of H-pyrrole nitrogens is 3. The zero-order chi connectivity index (χ0) is 14.4. The monoisotopic (exact) mass is 280 g/mol. The van der Waals surface area contributed by atoms with Gasteiger partial charge in [0.25, 0.3) is 5.56 Å². The standard InChI is InChI=1S/C13H20N4O3/c18-8-6-4-2-1-3-5-7-9-14-10-11(15-9)16-13(20)17-12(10)19/h18H,1-8H2,(H3,14,15,16,17,19,20). The van der Waals surface area contributed by atoms with Gasteiger partial charge in [-0.25, -0.2) is 9.78 Å². The molecule has 0 aliphatic heterocycles. The summed E-state index contributed by atoms with van der Waals surface area (Å²) in [5.74, 6) is 0.725. The normalized spacial score (nSPS) is 11.2. The van der Waals surface area contributed by atoms with E-state index in [9.17, 15) is 9.59 Å². The molecule has 2 aromatic rings. The molecule has 0 aromatic carbocycles. The van der Waals surface area contributed by atoms with Crippen molar-refractivity contribution in [2.75, 3.05) is 6.61 Å². The second-order valence-corrected chi connectivity index (χ2v) is 4.91. The molecule has 0 fully saturated rings. The Labute approximate surface area is 115 Å². The van der Waals surface area contributed by atoms with E-state index in [1.807, 2.05) is 0 Å². The number of aromatic amines is 3. The third kappa shape index (κ3) is 3.80. The van der Waals surface area contributed by atoms with E-state index in [2.05, 4.69) is 19.9 Å². The molecule has 2 aromatic heterocycles. The Morgan fingerprint density at radius 1 is 0.900 bits per heavy atom. The maximum atomic E-state index is 11.5. The van der Waals surface area contributed by atoms with Crippen LogP contribution in [0.25, 0.3) is 11.2 Å². The first-order chi connectivity index (χ1) is 9.70. The van der Waals surface area contributed by atoms with Crippen LogP contribution in [0.4, 0.5) is 0 Å². The SMILES string of the molecule is O=c1[nH]c(=O)c2[nH]c(CCCCCCCCO)nc2[nH]1. The Balaban J connectivity index is 1.83. The summed E-state index contributed by atoms with van der Waals surface area (Å²) in [6.45, 7) is 0.270. The summed E-state index contributed by atoms with van der Waals surface area (Å²) in [5.41, 5.74) is -0.338. The van der Waals surface area contributed by atoms with Crippen LogP contribution in [0.5, 0.6) is 0 Å². The van der Waals surface area contributed by atoms with Crippen LogP contribution < -0.4 is 11.2 Å². The molecule has 7 nitrogen and oxygen atoms in total. The van der Waals surface area contributed by atoms with E-state index in [4.69, 9.17) is 5.11 Å². The first-order valence-electron chi connectivity index (χ1n) is 7.03. The molecule has 0 aliphatic carbocycles. The highest BCUT2D eigenvalue weighted by Crippen LogP contribution is 2.09. The zero-order valence-electron chi connectivity index (χ0n) is 11.4. The van der Waals surface area contributed by atoms with Crippen LogP contribution in [-0.2, 0) is 6.42 Å². The van der Waals surface area contributed by atoms with Gasteiger partial charge in [0.15, 0.2) is 5.65 Å². The summed E-state index contributed by atoms with van der Waals surface area (Å²) < 4.78 is 0. The lowest BCUT2D eigenvalue weighted by atomic mass is 10.1.